The number of hydrogen-bond donors (Lipinski definition) is 1. The largest absolute Gasteiger partial charge is 0.378 e. The zero-order valence-electron chi connectivity index (χ0n) is 10.4. The molecule has 0 bridgehead atoms. The topological polar surface area (TPSA) is 12.0 Å². The van der Waals surface area contributed by atoms with Gasteiger partial charge in [0.15, 0.2) is 0 Å². The summed E-state index contributed by atoms with van der Waals surface area (Å²) in [5.74, 6) is -0.919. The van der Waals surface area contributed by atoms with Gasteiger partial charge in [-0.15, -0.1) is 0 Å². The van der Waals surface area contributed by atoms with Crippen LogP contribution in [0.15, 0.2) is 34.8 Å². The van der Waals surface area contributed by atoms with Gasteiger partial charge in [-0.1, -0.05) is 23.2 Å². The third kappa shape index (κ3) is 3.43. The zero-order chi connectivity index (χ0) is 14.9. The van der Waals surface area contributed by atoms with E-state index in [1.165, 1.54) is 18.2 Å². The molecule has 2 rings (SSSR count). The molecule has 0 saturated carbocycles. The Kier molecular flexibility index (Phi) is 4.89. The Bertz CT molecular complexity index is 649. The normalized spacial score (nSPS) is 12.3. The van der Waals surface area contributed by atoms with Crippen molar-refractivity contribution in [3.8, 4) is 0 Å². The Hall–Kier alpha value is -0.840. The van der Waals surface area contributed by atoms with Gasteiger partial charge in [0.2, 0.25) is 0 Å². The van der Waals surface area contributed by atoms with E-state index >= 15 is 0 Å². The maximum absolute atomic E-state index is 13.5. The zero-order valence-corrected chi connectivity index (χ0v) is 13.5. The molecule has 0 heterocycles. The lowest BCUT2D eigenvalue weighted by Crippen LogP contribution is -2.08. The molecule has 20 heavy (non-hydrogen) atoms. The van der Waals surface area contributed by atoms with Gasteiger partial charge in [0.1, 0.15) is 11.6 Å². The van der Waals surface area contributed by atoms with Gasteiger partial charge in [0.25, 0.3) is 0 Å². The number of nitrogens with one attached hydrogen (secondary N) is 1. The van der Waals surface area contributed by atoms with Gasteiger partial charge in [-0.2, -0.15) is 0 Å². The molecule has 2 aromatic carbocycles. The summed E-state index contributed by atoms with van der Waals surface area (Å²) >= 11 is 14.8. The number of anilines is 1. The van der Waals surface area contributed by atoms with Crippen LogP contribution < -0.4 is 5.32 Å². The monoisotopic (exact) mass is 379 g/mol. The van der Waals surface area contributed by atoms with Gasteiger partial charge >= 0.3 is 0 Å². The van der Waals surface area contributed by atoms with Crippen LogP contribution in [-0.2, 0) is 0 Å². The van der Waals surface area contributed by atoms with Crippen molar-refractivity contribution in [1.29, 1.82) is 0 Å². The number of rotatable bonds is 3. The maximum Gasteiger partial charge on any atom is 0.142 e. The fraction of sp³-hybridized carbons (Fsp3) is 0.143. The molecule has 0 aliphatic heterocycles. The summed E-state index contributed by atoms with van der Waals surface area (Å²) in [6.45, 7) is 1.80. The molecule has 0 aliphatic rings. The number of hydrogen-bond acceptors (Lipinski definition) is 1. The standard InChI is InChI=1S/C14H10BrCl2F2N/c1-7(9-5-14(19)12(17)6-11(9)16)20-8-2-3-10(15)13(18)4-8/h2-7,20H,1H3. The van der Waals surface area contributed by atoms with E-state index in [1.54, 1.807) is 19.1 Å². The Labute approximate surface area is 134 Å². The van der Waals surface area contributed by atoms with Crippen LogP contribution in [0.4, 0.5) is 14.5 Å². The summed E-state index contributed by atoms with van der Waals surface area (Å²) in [6.07, 6.45) is 0. The molecule has 1 nitrogen and oxygen atoms in total. The first-order valence-corrected chi connectivity index (χ1v) is 7.29. The van der Waals surface area contributed by atoms with Gasteiger partial charge in [-0.05, 0) is 58.7 Å². The summed E-state index contributed by atoms with van der Waals surface area (Å²) in [5.41, 5.74) is 1.13. The molecule has 0 radical (unpaired) electrons. The van der Waals surface area contributed by atoms with Crippen molar-refractivity contribution in [3.05, 3.63) is 62.0 Å². The quantitative estimate of drug-likeness (QED) is 0.624. The van der Waals surface area contributed by atoms with Crippen molar-refractivity contribution in [2.45, 2.75) is 13.0 Å². The molecular weight excluding hydrogens is 371 g/mol. The van der Waals surface area contributed by atoms with Gasteiger partial charge in [0, 0.05) is 10.7 Å². The molecule has 106 valence electrons. The molecule has 0 aliphatic carbocycles. The summed E-state index contributed by atoms with van der Waals surface area (Å²) < 4.78 is 27.3. The van der Waals surface area contributed by atoms with Crippen LogP contribution >= 0.6 is 39.1 Å². The molecule has 1 N–H and O–H groups in total. The van der Waals surface area contributed by atoms with E-state index in [-0.39, 0.29) is 16.9 Å². The van der Waals surface area contributed by atoms with Crippen LogP contribution in [0.3, 0.4) is 0 Å². The van der Waals surface area contributed by atoms with Crippen LogP contribution in [0.5, 0.6) is 0 Å². The van der Waals surface area contributed by atoms with Crippen LogP contribution in [0.1, 0.15) is 18.5 Å². The van der Waals surface area contributed by atoms with Gasteiger partial charge in [-0.3, -0.25) is 0 Å². The van der Waals surface area contributed by atoms with Crippen molar-refractivity contribution in [3.63, 3.8) is 0 Å². The van der Waals surface area contributed by atoms with Crippen molar-refractivity contribution >= 4 is 44.8 Å². The summed E-state index contributed by atoms with van der Waals surface area (Å²) in [4.78, 5) is 0. The minimum atomic E-state index is -0.540. The summed E-state index contributed by atoms with van der Waals surface area (Å²) in [7, 11) is 0. The maximum atomic E-state index is 13.5. The second-order valence-electron chi connectivity index (χ2n) is 4.28. The molecule has 1 atom stereocenters. The van der Waals surface area contributed by atoms with E-state index in [2.05, 4.69) is 21.2 Å². The molecule has 2 aromatic rings. The van der Waals surface area contributed by atoms with Crippen LogP contribution in [-0.4, -0.2) is 0 Å². The minimum absolute atomic E-state index is 0.0272. The van der Waals surface area contributed by atoms with Crippen LogP contribution in [0, 0.1) is 11.6 Å². The van der Waals surface area contributed by atoms with Crippen LogP contribution in [0.25, 0.3) is 0 Å². The van der Waals surface area contributed by atoms with E-state index < -0.39 is 5.82 Å². The average Bonchev–Trinajstić information content (AvgIpc) is 2.38. The summed E-state index contributed by atoms with van der Waals surface area (Å²) in [5, 5.41) is 3.39. The second-order valence-corrected chi connectivity index (χ2v) is 5.95. The molecule has 1 unspecified atom stereocenters. The van der Waals surface area contributed by atoms with Crippen LogP contribution in [0.2, 0.25) is 10.0 Å². The van der Waals surface area contributed by atoms with Gasteiger partial charge in [-0.25, -0.2) is 8.78 Å². The Morgan fingerprint density at radius 2 is 1.75 bits per heavy atom. The Balaban J connectivity index is 2.25. The molecule has 0 aromatic heterocycles. The highest BCUT2D eigenvalue weighted by Crippen LogP contribution is 2.31. The molecule has 0 saturated heterocycles. The van der Waals surface area contributed by atoms with Crippen molar-refractivity contribution < 1.29 is 8.78 Å². The lowest BCUT2D eigenvalue weighted by Gasteiger charge is -2.17. The first-order chi connectivity index (χ1) is 9.38. The fourth-order valence-corrected chi connectivity index (χ4v) is 2.58. The smallest absolute Gasteiger partial charge is 0.142 e. The SMILES string of the molecule is CC(Nc1ccc(Br)c(F)c1)c1cc(F)c(Cl)cc1Cl. The van der Waals surface area contributed by atoms with Crippen molar-refractivity contribution in [2.24, 2.45) is 0 Å². The van der Waals surface area contributed by atoms with E-state index in [4.69, 9.17) is 23.2 Å². The van der Waals surface area contributed by atoms with Gasteiger partial charge < -0.3 is 5.32 Å². The third-order valence-corrected chi connectivity index (χ3v) is 4.07. The van der Waals surface area contributed by atoms with E-state index in [0.717, 1.165) is 0 Å². The van der Waals surface area contributed by atoms with Gasteiger partial charge in [0.05, 0.1) is 15.5 Å². The highest BCUT2D eigenvalue weighted by Gasteiger charge is 2.14. The minimum Gasteiger partial charge on any atom is -0.378 e. The van der Waals surface area contributed by atoms with E-state index in [1.807, 2.05) is 0 Å². The molecule has 0 spiro atoms. The lowest BCUT2D eigenvalue weighted by atomic mass is 10.1. The Morgan fingerprint density at radius 1 is 1.05 bits per heavy atom. The average molecular weight is 381 g/mol. The third-order valence-electron chi connectivity index (χ3n) is 2.81. The first-order valence-electron chi connectivity index (χ1n) is 5.74. The highest BCUT2D eigenvalue weighted by molar-refractivity contribution is 9.10. The van der Waals surface area contributed by atoms with Crippen molar-refractivity contribution in [2.75, 3.05) is 5.32 Å². The van der Waals surface area contributed by atoms with E-state index in [9.17, 15) is 8.78 Å². The first kappa shape index (κ1) is 15.5. The molecule has 0 amide bonds. The molecule has 6 heteroatoms. The molecule has 0 fully saturated rings. The number of benzene rings is 2. The lowest BCUT2D eigenvalue weighted by molar-refractivity contribution is 0.620. The van der Waals surface area contributed by atoms with E-state index in [0.29, 0.717) is 20.7 Å². The molecular formula is C14H10BrCl2F2N. The van der Waals surface area contributed by atoms with Crippen molar-refractivity contribution in [1.82, 2.24) is 0 Å². The number of halogens is 5. The Morgan fingerprint density at radius 3 is 2.40 bits per heavy atom. The highest BCUT2D eigenvalue weighted by atomic mass is 79.9. The summed E-state index contributed by atoms with van der Waals surface area (Å²) in [6, 6.07) is 6.99. The predicted octanol–water partition coefficient (Wildman–Crippen LogP) is 6.21. The fourth-order valence-electron chi connectivity index (χ4n) is 1.78. The predicted molar refractivity (Wildman–Crippen MR) is 82.6 cm³/mol. The second kappa shape index (κ2) is 6.29.